The third-order valence-corrected chi connectivity index (χ3v) is 4.48. The van der Waals surface area contributed by atoms with Gasteiger partial charge >= 0.3 is 11.9 Å². The zero-order chi connectivity index (χ0) is 21.4. The van der Waals surface area contributed by atoms with Crippen molar-refractivity contribution in [3.05, 3.63) is 61.1 Å². The Kier molecular flexibility index (Phi) is 6.03. The van der Waals surface area contributed by atoms with Crippen LogP contribution >= 0.6 is 11.6 Å². The second-order valence-electron chi connectivity index (χ2n) is 5.80. The smallest absolute Gasteiger partial charge is 0.339 e. The monoisotopic (exact) mass is 421 g/mol. The van der Waals surface area contributed by atoms with Crippen LogP contribution in [-0.4, -0.2) is 33.0 Å². The highest BCUT2D eigenvalue weighted by Gasteiger charge is 2.35. The topological polar surface area (TPSA) is 64.3 Å². The first-order valence-corrected chi connectivity index (χ1v) is 8.50. The molecule has 0 aliphatic heterocycles. The largest absolute Gasteiger partial charge is 0.431 e. The van der Waals surface area contributed by atoms with Crippen LogP contribution in [0.2, 0.25) is 5.02 Å². The van der Waals surface area contributed by atoms with E-state index in [0.29, 0.717) is 13.1 Å². The molecule has 1 amide bonds. The molecule has 0 bridgehead atoms. The minimum absolute atomic E-state index is 0.182. The maximum absolute atomic E-state index is 14.4. The van der Waals surface area contributed by atoms with Crippen LogP contribution in [-0.2, 0) is 13.2 Å². The van der Waals surface area contributed by atoms with Crippen LogP contribution in [0.1, 0.15) is 29.9 Å². The fourth-order valence-electron chi connectivity index (χ4n) is 2.67. The van der Waals surface area contributed by atoms with Gasteiger partial charge in [0.2, 0.25) is 0 Å². The molecule has 0 saturated carbocycles. The molecular weight excluding hydrogens is 406 g/mol. The number of benzene rings is 1. The molecule has 0 N–H and O–H groups in total. The lowest BCUT2D eigenvalue weighted by Gasteiger charge is -2.20. The van der Waals surface area contributed by atoms with Crippen molar-refractivity contribution >= 4 is 17.5 Å². The van der Waals surface area contributed by atoms with Gasteiger partial charge in [-0.25, -0.2) is 13.8 Å². The van der Waals surface area contributed by atoms with Crippen molar-refractivity contribution < 1.29 is 22.4 Å². The van der Waals surface area contributed by atoms with E-state index >= 15 is 0 Å². The average molecular weight is 422 g/mol. The molecule has 1 aromatic heterocycles. The molecule has 2 aromatic rings. The highest BCUT2D eigenvalue weighted by molar-refractivity contribution is 6.33. The molecule has 1 heterocycles. The fourth-order valence-corrected chi connectivity index (χ4v) is 2.90. The summed E-state index contributed by atoms with van der Waals surface area (Å²) in [6.07, 6.45) is -4.95. The van der Waals surface area contributed by atoms with Crippen molar-refractivity contribution in [2.75, 3.05) is 13.1 Å². The zero-order valence-corrected chi connectivity index (χ0v) is 15.9. The minimum Gasteiger partial charge on any atom is -0.339 e. The van der Waals surface area contributed by atoms with Crippen molar-refractivity contribution in [3.63, 3.8) is 0 Å². The summed E-state index contributed by atoms with van der Waals surface area (Å²) in [6.45, 7) is 4.05. The number of carbonyl (C=O) groups excluding carboxylic acids is 1. The number of rotatable bonds is 4. The number of hydrogen-bond acceptors (Lipinski definition) is 3. The molecule has 2 rings (SSSR count). The Morgan fingerprint density at radius 1 is 1.14 bits per heavy atom. The molecule has 11 heteroatoms. The predicted octanol–water partition coefficient (Wildman–Crippen LogP) is 2.83. The van der Waals surface area contributed by atoms with Gasteiger partial charge < -0.3 is 4.90 Å². The van der Waals surface area contributed by atoms with Crippen molar-refractivity contribution in [1.82, 2.24) is 14.0 Å². The highest BCUT2D eigenvalue weighted by Crippen LogP contribution is 2.28. The summed E-state index contributed by atoms with van der Waals surface area (Å²) in [7, 11) is 0.802. The lowest BCUT2D eigenvalue weighted by Crippen LogP contribution is -2.41. The number of amides is 1. The Balaban J connectivity index is 2.79. The Bertz CT molecular complexity index is 1040. The van der Waals surface area contributed by atoms with Crippen molar-refractivity contribution in [1.29, 1.82) is 0 Å². The molecule has 152 valence electrons. The van der Waals surface area contributed by atoms with Crippen LogP contribution in [0.15, 0.2) is 27.8 Å². The number of carbonyl (C=O) groups is 1. The molecule has 0 spiro atoms. The van der Waals surface area contributed by atoms with E-state index in [1.165, 1.54) is 4.90 Å². The fraction of sp³-hybridized carbons (Fsp3) is 0.353. The van der Waals surface area contributed by atoms with E-state index in [1.54, 1.807) is 13.8 Å². The van der Waals surface area contributed by atoms with Crippen molar-refractivity contribution in [2.24, 2.45) is 7.05 Å². The highest BCUT2D eigenvalue weighted by atomic mass is 35.5. The average Bonchev–Trinajstić information content (AvgIpc) is 2.59. The summed E-state index contributed by atoms with van der Waals surface area (Å²) in [6, 6.07) is 1.80. The summed E-state index contributed by atoms with van der Waals surface area (Å²) in [5.74, 6) is -1.71. The van der Waals surface area contributed by atoms with Crippen LogP contribution in [0, 0.1) is 5.82 Å². The van der Waals surface area contributed by atoms with E-state index in [4.69, 9.17) is 11.6 Å². The Hall–Kier alpha value is -2.62. The van der Waals surface area contributed by atoms with E-state index in [-0.39, 0.29) is 25.8 Å². The zero-order valence-electron chi connectivity index (χ0n) is 15.1. The van der Waals surface area contributed by atoms with Gasteiger partial charge in [0.25, 0.3) is 11.5 Å². The molecule has 28 heavy (non-hydrogen) atoms. The number of alkyl halides is 3. The lowest BCUT2D eigenvalue weighted by molar-refractivity contribution is -0.144. The standard InChI is InChI=1S/C17H16ClF4N3O3/c1-4-24(5-2)15(27)9-6-12(11(19)7-10(9)18)25-14(26)8-13(17(20,21)22)23(3)16(25)28/h6-8H,4-5H2,1-3H3. The Labute approximate surface area is 161 Å². The summed E-state index contributed by atoms with van der Waals surface area (Å²) in [5.41, 5.74) is -5.14. The van der Waals surface area contributed by atoms with Gasteiger partial charge in [-0.15, -0.1) is 0 Å². The van der Waals surface area contributed by atoms with E-state index < -0.39 is 40.5 Å². The molecule has 1 aromatic carbocycles. The van der Waals surface area contributed by atoms with Crippen molar-refractivity contribution in [3.8, 4) is 5.69 Å². The van der Waals surface area contributed by atoms with Gasteiger partial charge in [0.15, 0.2) is 0 Å². The predicted molar refractivity (Wildman–Crippen MR) is 94.5 cm³/mol. The first-order valence-electron chi connectivity index (χ1n) is 8.12. The second kappa shape index (κ2) is 7.78. The van der Waals surface area contributed by atoms with Crippen molar-refractivity contribution in [2.45, 2.75) is 20.0 Å². The van der Waals surface area contributed by atoms with Gasteiger partial charge in [0.05, 0.1) is 16.3 Å². The molecule has 0 saturated heterocycles. The lowest BCUT2D eigenvalue weighted by atomic mass is 10.1. The summed E-state index contributed by atoms with van der Waals surface area (Å²) >= 11 is 5.93. The quantitative estimate of drug-likeness (QED) is 0.713. The van der Waals surface area contributed by atoms with Gasteiger partial charge in [0, 0.05) is 26.2 Å². The maximum Gasteiger partial charge on any atom is 0.431 e. The molecule has 0 fully saturated rings. The van der Waals surface area contributed by atoms with Gasteiger partial charge in [-0.2, -0.15) is 13.2 Å². The maximum atomic E-state index is 14.4. The second-order valence-corrected chi connectivity index (χ2v) is 6.21. The number of hydrogen-bond donors (Lipinski definition) is 0. The summed E-state index contributed by atoms with van der Waals surface area (Å²) < 4.78 is 53.7. The third-order valence-electron chi connectivity index (χ3n) is 4.17. The van der Waals surface area contributed by atoms with Crippen LogP contribution in [0.25, 0.3) is 5.69 Å². The summed E-state index contributed by atoms with van der Waals surface area (Å²) in [4.78, 5) is 38.4. The number of nitrogens with zero attached hydrogens (tertiary/aromatic N) is 3. The molecule has 0 aliphatic carbocycles. The summed E-state index contributed by atoms with van der Waals surface area (Å²) in [5, 5.41) is -0.255. The van der Waals surface area contributed by atoms with Crippen LogP contribution in [0.3, 0.4) is 0 Å². The van der Waals surface area contributed by atoms with Gasteiger partial charge in [0.1, 0.15) is 11.5 Å². The van der Waals surface area contributed by atoms with E-state index in [9.17, 15) is 31.9 Å². The first kappa shape index (κ1) is 21.7. The SMILES string of the molecule is CCN(CC)C(=O)c1cc(-n2c(=O)cc(C(F)(F)F)n(C)c2=O)c(F)cc1Cl. The first-order chi connectivity index (χ1) is 12.9. The molecule has 6 nitrogen and oxygen atoms in total. The van der Waals surface area contributed by atoms with E-state index in [1.807, 2.05) is 0 Å². The number of halogens is 5. The molecule has 0 atom stereocenters. The van der Waals surface area contributed by atoms with E-state index in [0.717, 1.165) is 19.2 Å². The van der Waals surface area contributed by atoms with E-state index in [2.05, 4.69) is 0 Å². The van der Waals surface area contributed by atoms with Crippen LogP contribution in [0.4, 0.5) is 17.6 Å². The van der Waals surface area contributed by atoms with Crippen LogP contribution < -0.4 is 11.2 Å². The normalized spacial score (nSPS) is 11.6. The molecule has 0 aliphatic rings. The molecule has 0 radical (unpaired) electrons. The molecular formula is C17H16ClF4N3O3. The van der Waals surface area contributed by atoms with Crippen LogP contribution in [0.5, 0.6) is 0 Å². The minimum atomic E-state index is -4.95. The van der Waals surface area contributed by atoms with Gasteiger partial charge in [-0.1, -0.05) is 11.6 Å². The van der Waals surface area contributed by atoms with Gasteiger partial charge in [-0.3, -0.25) is 14.2 Å². The van der Waals surface area contributed by atoms with Gasteiger partial charge in [-0.05, 0) is 26.0 Å². The third kappa shape index (κ3) is 3.82. The Morgan fingerprint density at radius 3 is 2.21 bits per heavy atom. The molecule has 0 unspecified atom stereocenters. The Morgan fingerprint density at radius 2 is 1.71 bits per heavy atom. The number of aromatic nitrogens is 2.